The predicted octanol–water partition coefficient (Wildman–Crippen LogP) is 3.50. The van der Waals surface area contributed by atoms with Crippen molar-refractivity contribution in [3.8, 4) is 5.75 Å². The van der Waals surface area contributed by atoms with E-state index in [4.69, 9.17) is 9.47 Å². The van der Waals surface area contributed by atoms with E-state index in [9.17, 15) is 9.90 Å². The van der Waals surface area contributed by atoms with Crippen LogP contribution >= 0.6 is 15.9 Å². The van der Waals surface area contributed by atoms with Crippen LogP contribution in [0.15, 0.2) is 16.6 Å². The number of ether oxygens (including phenoxy) is 2. The lowest BCUT2D eigenvalue weighted by atomic mass is 9.76. The number of halogens is 1. The fourth-order valence-corrected chi connectivity index (χ4v) is 3.55. The van der Waals surface area contributed by atoms with Gasteiger partial charge >= 0.3 is 5.97 Å². The smallest absolute Gasteiger partial charge is 0.314 e. The third-order valence-electron chi connectivity index (χ3n) is 4.06. The van der Waals surface area contributed by atoms with E-state index in [-0.39, 0.29) is 0 Å². The highest BCUT2D eigenvalue weighted by atomic mass is 79.9. The molecule has 1 N–H and O–H groups in total. The van der Waals surface area contributed by atoms with Crippen molar-refractivity contribution in [3.05, 3.63) is 27.7 Å². The number of hydrogen-bond donors (Lipinski definition) is 1. The molecule has 1 aromatic carbocycles. The van der Waals surface area contributed by atoms with Gasteiger partial charge in [-0.25, -0.2) is 0 Å². The second-order valence-corrected chi connectivity index (χ2v) is 6.03. The lowest BCUT2D eigenvalue weighted by Crippen LogP contribution is -2.33. The summed E-state index contributed by atoms with van der Waals surface area (Å²) in [6.45, 7) is 0.383. The SMILES string of the molecule is COCc1cc(OC)c(Br)cc1C1(C(=O)O)CCCC1. The molecule has 0 saturated heterocycles. The molecule has 110 valence electrons. The Bertz CT molecular complexity index is 507. The maximum atomic E-state index is 11.9. The number of carboxylic acid groups (broad SMARTS) is 1. The Morgan fingerprint density at radius 3 is 2.50 bits per heavy atom. The van der Waals surface area contributed by atoms with E-state index >= 15 is 0 Å². The van der Waals surface area contributed by atoms with Crippen molar-refractivity contribution < 1.29 is 19.4 Å². The first-order valence-electron chi connectivity index (χ1n) is 6.64. The summed E-state index contributed by atoms with van der Waals surface area (Å²) in [7, 11) is 3.21. The predicted molar refractivity (Wildman–Crippen MR) is 79.2 cm³/mol. The van der Waals surface area contributed by atoms with Crippen LogP contribution in [0.1, 0.15) is 36.8 Å². The third-order valence-corrected chi connectivity index (χ3v) is 4.68. The molecule has 0 unspecified atom stereocenters. The summed E-state index contributed by atoms with van der Waals surface area (Å²) < 4.78 is 11.3. The second-order valence-electron chi connectivity index (χ2n) is 5.17. The Hall–Kier alpha value is -1.07. The molecule has 0 radical (unpaired) electrons. The molecular weight excluding hydrogens is 324 g/mol. The van der Waals surface area contributed by atoms with Crippen LogP contribution in [0.4, 0.5) is 0 Å². The monoisotopic (exact) mass is 342 g/mol. The minimum atomic E-state index is -0.789. The molecule has 1 aliphatic rings. The molecule has 0 spiro atoms. The summed E-state index contributed by atoms with van der Waals surface area (Å²) >= 11 is 3.45. The first-order valence-corrected chi connectivity index (χ1v) is 7.43. The van der Waals surface area contributed by atoms with E-state index in [0.717, 1.165) is 28.4 Å². The van der Waals surface area contributed by atoms with Crippen LogP contribution in [0.5, 0.6) is 5.75 Å². The Morgan fingerprint density at radius 1 is 1.35 bits per heavy atom. The highest BCUT2D eigenvalue weighted by Crippen LogP contribution is 2.45. The lowest BCUT2D eigenvalue weighted by molar-refractivity contribution is -0.143. The Kier molecular flexibility index (Phi) is 4.70. The standard InChI is InChI=1S/C15H19BrO4/c1-19-9-10-7-13(20-2)12(16)8-11(10)15(14(17)18)5-3-4-6-15/h7-8H,3-6,9H2,1-2H3,(H,17,18). The summed E-state index contributed by atoms with van der Waals surface area (Å²) in [4.78, 5) is 11.9. The molecule has 0 aliphatic heterocycles. The molecule has 1 saturated carbocycles. The van der Waals surface area contributed by atoms with E-state index in [0.29, 0.717) is 25.2 Å². The summed E-state index contributed by atoms with van der Waals surface area (Å²) in [5, 5.41) is 9.74. The average molecular weight is 343 g/mol. The van der Waals surface area contributed by atoms with E-state index in [1.807, 2.05) is 12.1 Å². The van der Waals surface area contributed by atoms with Gasteiger partial charge in [0.2, 0.25) is 0 Å². The van der Waals surface area contributed by atoms with Crippen LogP contribution in [-0.2, 0) is 21.6 Å². The first-order chi connectivity index (χ1) is 9.55. The highest BCUT2D eigenvalue weighted by molar-refractivity contribution is 9.10. The normalized spacial score (nSPS) is 17.1. The number of methoxy groups -OCH3 is 2. The van der Waals surface area contributed by atoms with E-state index in [1.165, 1.54) is 0 Å². The van der Waals surface area contributed by atoms with E-state index < -0.39 is 11.4 Å². The van der Waals surface area contributed by atoms with Crippen LogP contribution in [0, 0.1) is 0 Å². The molecule has 0 heterocycles. The topological polar surface area (TPSA) is 55.8 Å². The molecule has 1 aromatic rings. The zero-order valence-corrected chi connectivity index (χ0v) is 13.3. The van der Waals surface area contributed by atoms with Crippen molar-refractivity contribution in [1.82, 2.24) is 0 Å². The minimum absolute atomic E-state index is 0.383. The summed E-state index contributed by atoms with van der Waals surface area (Å²) in [5.74, 6) is -0.0521. The van der Waals surface area contributed by atoms with Gasteiger partial charge in [0.1, 0.15) is 5.75 Å². The van der Waals surface area contributed by atoms with Gasteiger partial charge in [-0.1, -0.05) is 12.8 Å². The van der Waals surface area contributed by atoms with Crippen LogP contribution in [0.3, 0.4) is 0 Å². The molecule has 0 bridgehead atoms. The second kappa shape index (κ2) is 6.14. The van der Waals surface area contributed by atoms with Crippen LogP contribution in [0.25, 0.3) is 0 Å². The molecule has 1 fully saturated rings. The average Bonchev–Trinajstić information content (AvgIpc) is 2.91. The van der Waals surface area contributed by atoms with Gasteiger partial charge in [0.15, 0.2) is 0 Å². The van der Waals surface area contributed by atoms with Crippen molar-refractivity contribution in [2.75, 3.05) is 14.2 Å². The van der Waals surface area contributed by atoms with Gasteiger partial charge in [-0.3, -0.25) is 4.79 Å². The quantitative estimate of drug-likeness (QED) is 0.889. The third kappa shape index (κ3) is 2.56. The molecule has 0 atom stereocenters. The van der Waals surface area contributed by atoms with E-state index in [1.54, 1.807) is 14.2 Å². The van der Waals surface area contributed by atoms with Gasteiger partial charge in [-0.2, -0.15) is 0 Å². The summed E-state index contributed by atoms with van der Waals surface area (Å²) in [6.07, 6.45) is 3.25. The van der Waals surface area contributed by atoms with Gasteiger partial charge in [0.05, 0.1) is 23.6 Å². The zero-order valence-electron chi connectivity index (χ0n) is 11.7. The molecule has 20 heavy (non-hydrogen) atoms. The molecule has 0 aromatic heterocycles. The van der Waals surface area contributed by atoms with Gasteiger partial charge in [0, 0.05) is 7.11 Å². The highest BCUT2D eigenvalue weighted by Gasteiger charge is 2.44. The molecule has 0 amide bonds. The first kappa shape index (κ1) is 15.3. The number of benzene rings is 1. The Balaban J connectivity index is 2.58. The summed E-state index contributed by atoms with van der Waals surface area (Å²) in [6, 6.07) is 3.75. The van der Waals surface area contributed by atoms with Crippen LogP contribution < -0.4 is 4.74 Å². The van der Waals surface area contributed by atoms with Gasteiger partial charge in [-0.15, -0.1) is 0 Å². The number of carboxylic acids is 1. The fourth-order valence-electron chi connectivity index (χ4n) is 3.05. The number of carbonyl (C=O) groups is 1. The number of rotatable bonds is 5. The fraction of sp³-hybridized carbons (Fsp3) is 0.533. The number of aliphatic carboxylic acids is 1. The van der Waals surface area contributed by atoms with Gasteiger partial charge < -0.3 is 14.6 Å². The zero-order chi connectivity index (χ0) is 14.8. The maximum absolute atomic E-state index is 11.9. The van der Waals surface area contributed by atoms with Crippen molar-refractivity contribution in [1.29, 1.82) is 0 Å². The van der Waals surface area contributed by atoms with Crippen molar-refractivity contribution in [2.45, 2.75) is 37.7 Å². The maximum Gasteiger partial charge on any atom is 0.314 e. The van der Waals surface area contributed by atoms with E-state index in [2.05, 4.69) is 15.9 Å². The molecule has 2 rings (SSSR count). The van der Waals surface area contributed by atoms with Crippen LogP contribution in [0.2, 0.25) is 0 Å². The van der Waals surface area contributed by atoms with Crippen LogP contribution in [-0.4, -0.2) is 25.3 Å². The molecule has 4 nitrogen and oxygen atoms in total. The Labute approximate surface area is 127 Å². The van der Waals surface area contributed by atoms with Gasteiger partial charge in [-0.05, 0) is 52.0 Å². The van der Waals surface area contributed by atoms with Crippen molar-refractivity contribution >= 4 is 21.9 Å². The molecular formula is C15H19BrO4. The number of hydrogen-bond acceptors (Lipinski definition) is 3. The molecule has 1 aliphatic carbocycles. The largest absolute Gasteiger partial charge is 0.496 e. The van der Waals surface area contributed by atoms with Crippen molar-refractivity contribution in [2.24, 2.45) is 0 Å². The van der Waals surface area contributed by atoms with Gasteiger partial charge in [0.25, 0.3) is 0 Å². The summed E-state index contributed by atoms with van der Waals surface area (Å²) in [5.41, 5.74) is 0.941. The molecule has 5 heteroatoms. The van der Waals surface area contributed by atoms with Crippen molar-refractivity contribution in [3.63, 3.8) is 0 Å². The lowest BCUT2D eigenvalue weighted by Gasteiger charge is -2.27. The minimum Gasteiger partial charge on any atom is -0.496 e. The Morgan fingerprint density at radius 2 is 2.00 bits per heavy atom.